The molecule has 14 heavy (non-hydrogen) atoms. The van der Waals surface area contributed by atoms with Gasteiger partial charge in [-0.05, 0) is 26.0 Å². The molecule has 1 heterocycles. The Morgan fingerprint density at radius 3 is 3.29 bits per heavy atom. The van der Waals surface area contributed by atoms with Gasteiger partial charge in [0, 0.05) is 12.2 Å². The number of hydrogen-bond donors (Lipinski definition) is 2. The van der Waals surface area contributed by atoms with Gasteiger partial charge in [0.25, 0.3) is 0 Å². The number of rotatable bonds is 7. The Labute approximate surface area is 84.4 Å². The summed E-state index contributed by atoms with van der Waals surface area (Å²) in [4.78, 5) is 0. The zero-order chi connectivity index (χ0) is 10.2. The standard InChI is InChI=1S/C10H17N3O/c1-3-14-8-4-6-11-9(2)10-5-7-12-13-10/h3,5,7,9,11H,1,4,6,8H2,2H3,(H,12,13). The Hall–Kier alpha value is -1.29. The number of ether oxygens (including phenoxy) is 1. The first-order valence-corrected chi connectivity index (χ1v) is 4.79. The summed E-state index contributed by atoms with van der Waals surface area (Å²) in [6, 6.07) is 2.28. The maximum atomic E-state index is 5.01. The molecule has 0 bridgehead atoms. The summed E-state index contributed by atoms with van der Waals surface area (Å²) in [6.07, 6.45) is 4.21. The lowest BCUT2D eigenvalue weighted by molar-refractivity contribution is 0.243. The van der Waals surface area contributed by atoms with Crippen molar-refractivity contribution in [1.82, 2.24) is 15.5 Å². The molecule has 4 nitrogen and oxygen atoms in total. The molecule has 1 unspecified atom stereocenters. The van der Waals surface area contributed by atoms with E-state index >= 15 is 0 Å². The van der Waals surface area contributed by atoms with Crippen LogP contribution in [-0.4, -0.2) is 23.3 Å². The van der Waals surface area contributed by atoms with Gasteiger partial charge in [0.05, 0.1) is 18.6 Å². The van der Waals surface area contributed by atoms with Crippen molar-refractivity contribution in [3.63, 3.8) is 0 Å². The molecule has 0 aromatic carbocycles. The zero-order valence-corrected chi connectivity index (χ0v) is 8.49. The fourth-order valence-electron chi connectivity index (χ4n) is 1.18. The van der Waals surface area contributed by atoms with E-state index in [1.54, 1.807) is 6.20 Å². The third kappa shape index (κ3) is 3.62. The highest BCUT2D eigenvalue weighted by molar-refractivity contribution is 5.02. The third-order valence-corrected chi connectivity index (χ3v) is 2.00. The summed E-state index contributed by atoms with van der Waals surface area (Å²) in [5.41, 5.74) is 1.11. The fourth-order valence-corrected chi connectivity index (χ4v) is 1.18. The third-order valence-electron chi connectivity index (χ3n) is 2.00. The molecule has 0 aliphatic rings. The Bertz CT molecular complexity index is 246. The molecule has 0 saturated carbocycles. The van der Waals surface area contributed by atoms with Gasteiger partial charge in [-0.3, -0.25) is 5.10 Å². The van der Waals surface area contributed by atoms with Gasteiger partial charge in [0.2, 0.25) is 0 Å². The molecule has 0 saturated heterocycles. The first-order chi connectivity index (χ1) is 6.84. The molecular weight excluding hydrogens is 178 g/mol. The second kappa shape index (κ2) is 6.21. The number of nitrogens with one attached hydrogen (secondary N) is 2. The van der Waals surface area contributed by atoms with E-state index in [0.29, 0.717) is 12.6 Å². The van der Waals surface area contributed by atoms with Gasteiger partial charge in [-0.15, -0.1) is 0 Å². The molecule has 0 spiro atoms. The summed E-state index contributed by atoms with van der Waals surface area (Å²) in [6.45, 7) is 7.22. The summed E-state index contributed by atoms with van der Waals surface area (Å²) in [7, 11) is 0. The molecule has 1 aromatic heterocycles. The highest BCUT2D eigenvalue weighted by Gasteiger charge is 2.04. The van der Waals surface area contributed by atoms with Crippen molar-refractivity contribution in [1.29, 1.82) is 0 Å². The van der Waals surface area contributed by atoms with Crippen LogP contribution in [0, 0.1) is 0 Å². The van der Waals surface area contributed by atoms with E-state index in [0.717, 1.165) is 18.7 Å². The summed E-state index contributed by atoms with van der Waals surface area (Å²) in [5, 5.41) is 10.2. The van der Waals surface area contributed by atoms with Crippen LogP contribution in [0.4, 0.5) is 0 Å². The topological polar surface area (TPSA) is 49.9 Å². The van der Waals surface area contributed by atoms with Crippen molar-refractivity contribution in [2.75, 3.05) is 13.2 Å². The van der Waals surface area contributed by atoms with E-state index in [2.05, 4.69) is 29.0 Å². The molecule has 1 aromatic rings. The SMILES string of the molecule is C=COCCCNC(C)c1ccn[nH]1. The van der Waals surface area contributed by atoms with Crippen LogP contribution in [-0.2, 0) is 4.74 Å². The smallest absolute Gasteiger partial charge is 0.0885 e. The van der Waals surface area contributed by atoms with Gasteiger partial charge in [0.1, 0.15) is 0 Å². The van der Waals surface area contributed by atoms with E-state index in [1.165, 1.54) is 6.26 Å². The van der Waals surface area contributed by atoms with E-state index in [9.17, 15) is 0 Å². The molecule has 4 heteroatoms. The van der Waals surface area contributed by atoms with Crippen LogP contribution in [0.5, 0.6) is 0 Å². The van der Waals surface area contributed by atoms with Crippen LogP contribution < -0.4 is 5.32 Å². The predicted octanol–water partition coefficient (Wildman–Crippen LogP) is 1.61. The highest BCUT2D eigenvalue weighted by Crippen LogP contribution is 2.06. The van der Waals surface area contributed by atoms with Crippen LogP contribution >= 0.6 is 0 Å². The van der Waals surface area contributed by atoms with E-state index in [-0.39, 0.29) is 0 Å². The minimum absolute atomic E-state index is 0.307. The van der Waals surface area contributed by atoms with Crippen LogP contribution in [0.15, 0.2) is 25.1 Å². The van der Waals surface area contributed by atoms with Gasteiger partial charge in [-0.2, -0.15) is 5.10 Å². The largest absolute Gasteiger partial charge is 0.502 e. The fraction of sp³-hybridized carbons (Fsp3) is 0.500. The summed E-state index contributed by atoms with van der Waals surface area (Å²) >= 11 is 0. The molecular formula is C10H17N3O. The lowest BCUT2D eigenvalue weighted by atomic mass is 10.2. The summed E-state index contributed by atoms with van der Waals surface area (Å²) < 4.78 is 5.01. The Morgan fingerprint density at radius 2 is 2.64 bits per heavy atom. The Balaban J connectivity index is 2.10. The molecule has 0 radical (unpaired) electrons. The van der Waals surface area contributed by atoms with Crippen molar-refractivity contribution in [3.05, 3.63) is 30.8 Å². The lowest BCUT2D eigenvalue weighted by Gasteiger charge is -2.11. The minimum atomic E-state index is 0.307. The zero-order valence-electron chi connectivity index (χ0n) is 8.49. The lowest BCUT2D eigenvalue weighted by Crippen LogP contribution is -2.21. The Morgan fingerprint density at radius 1 is 1.79 bits per heavy atom. The number of aromatic nitrogens is 2. The van der Waals surface area contributed by atoms with Gasteiger partial charge in [-0.25, -0.2) is 0 Å². The molecule has 0 aliphatic carbocycles. The van der Waals surface area contributed by atoms with Crippen LogP contribution in [0.25, 0.3) is 0 Å². The Kier molecular flexibility index (Phi) is 4.78. The van der Waals surface area contributed by atoms with Crippen LogP contribution in [0.1, 0.15) is 25.1 Å². The number of nitrogens with zero attached hydrogens (tertiary/aromatic N) is 1. The number of H-pyrrole nitrogens is 1. The van der Waals surface area contributed by atoms with Gasteiger partial charge >= 0.3 is 0 Å². The van der Waals surface area contributed by atoms with Crippen molar-refractivity contribution in [2.24, 2.45) is 0 Å². The van der Waals surface area contributed by atoms with Gasteiger partial charge in [-0.1, -0.05) is 6.58 Å². The molecule has 1 rings (SSSR count). The molecule has 1 atom stereocenters. The quantitative estimate of drug-likeness (QED) is 0.513. The summed E-state index contributed by atoms with van der Waals surface area (Å²) in [5.74, 6) is 0. The first-order valence-electron chi connectivity index (χ1n) is 4.79. The second-order valence-corrected chi connectivity index (χ2v) is 3.08. The highest BCUT2D eigenvalue weighted by atomic mass is 16.5. The first kappa shape index (κ1) is 10.8. The molecule has 0 fully saturated rings. The minimum Gasteiger partial charge on any atom is -0.502 e. The predicted molar refractivity (Wildman–Crippen MR) is 55.8 cm³/mol. The molecule has 2 N–H and O–H groups in total. The van der Waals surface area contributed by atoms with Crippen molar-refractivity contribution >= 4 is 0 Å². The van der Waals surface area contributed by atoms with Gasteiger partial charge < -0.3 is 10.1 Å². The molecule has 78 valence electrons. The maximum Gasteiger partial charge on any atom is 0.0885 e. The van der Waals surface area contributed by atoms with Crippen molar-refractivity contribution < 1.29 is 4.74 Å². The molecule has 0 aliphatic heterocycles. The van der Waals surface area contributed by atoms with Gasteiger partial charge in [0.15, 0.2) is 0 Å². The van der Waals surface area contributed by atoms with Crippen LogP contribution in [0.2, 0.25) is 0 Å². The van der Waals surface area contributed by atoms with E-state index in [1.807, 2.05) is 6.07 Å². The molecule has 0 amide bonds. The van der Waals surface area contributed by atoms with Crippen LogP contribution in [0.3, 0.4) is 0 Å². The number of aromatic amines is 1. The second-order valence-electron chi connectivity index (χ2n) is 3.08. The van der Waals surface area contributed by atoms with Crippen molar-refractivity contribution in [2.45, 2.75) is 19.4 Å². The van der Waals surface area contributed by atoms with E-state index < -0.39 is 0 Å². The maximum absolute atomic E-state index is 5.01. The average molecular weight is 195 g/mol. The normalized spacial score (nSPS) is 12.4. The monoisotopic (exact) mass is 195 g/mol. The number of hydrogen-bond acceptors (Lipinski definition) is 3. The average Bonchev–Trinajstić information content (AvgIpc) is 2.70. The van der Waals surface area contributed by atoms with Crippen molar-refractivity contribution in [3.8, 4) is 0 Å². The van der Waals surface area contributed by atoms with E-state index in [4.69, 9.17) is 4.74 Å².